The molecule has 0 aliphatic rings. The van der Waals surface area contributed by atoms with Crippen molar-refractivity contribution in [1.82, 2.24) is 0 Å². The lowest BCUT2D eigenvalue weighted by Crippen LogP contribution is -1.79. The normalized spacial score (nSPS) is 11.4. The lowest BCUT2D eigenvalue weighted by molar-refractivity contribution is 0.521. The van der Waals surface area contributed by atoms with Crippen LogP contribution in [0.4, 0.5) is 0 Å². The summed E-state index contributed by atoms with van der Waals surface area (Å²) in [6.07, 6.45) is 0. The molecule has 0 saturated heterocycles. The van der Waals surface area contributed by atoms with Gasteiger partial charge >= 0.3 is 0 Å². The van der Waals surface area contributed by atoms with Gasteiger partial charge in [0.25, 0.3) is 0 Å². The van der Waals surface area contributed by atoms with Crippen LogP contribution < -0.4 is 0 Å². The molecule has 0 saturated carbocycles. The zero-order valence-electron chi connectivity index (χ0n) is 8.29. The van der Waals surface area contributed by atoms with Gasteiger partial charge < -0.3 is 4.42 Å². The number of rotatable bonds is 1. The highest BCUT2D eigenvalue weighted by Crippen LogP contribution is 2.25. The van der Waals surface area contributed by atoms with Crippen molar-refractivity contribution in [3.05, 3.63) is 35.6 Å². The average molecular weight is 174 g/mol. The Labute approximate surface area is 78.4 Å². The molecule has 0 amide bonds. The lowest BCUT2D eigenvalue weighted by atomic mass is 10.1. The number of hydrogen-bond acceptors (Lipinski definition) is 1. The summed E-state index contributed by atoms with van der Waals surface area (Å²) in [5.41, 5.74) is 2.25. The molecule has 0 fully saturated rings. The zero-order valence-corrected chi connectivity index (χ0v) is 8.29. The molecule has 68 valence electrons. The van der Waals surface area contributed by atoms with E-state index in [1.807, 2.05) is 0 Å². The van der Waals surface area contributed by atoms with E-state index in [0.29, 0.717) is 5.92 Å². The Bertz CT molecular complexity index is 424. The molecule has 1 aromatic carbocycles. The predicted molar refractivity (Wildman–Crippen MR) is 55.0 cm³/mol. The maximum absolute atomic E-state index is 5.71. The summed E-state index contributed by atoms with van der Waals surface area (Å²) in [6.45, 7) is 6.37. The molecule has 0 aliphatic heterocycles. The van der Waals surface area contributed by atoms with Gasteiger partial charge in [-0.1, -0.05) is 26.0 Å². The Morgan fingerprint density at radius 2 is 1.92 bits per heavy atom. The number of hydrogen-bond donors (Lipinski definition) is 0. The van der Waals surface area contributed by atoms with Gasteiger partial charge in [-0.2, -0.15) is 0 Å². The van der Waals surface area contributed by atoms with Crippen molar-refractivity contribution >= 4 is 11.0 Å². The molecule has 0 N–H and O–H groups in total. The van der Waals surface area contributed by atoms with Crippen LogP contribution in [0.3, 0.4) is 0 Å². The number of fused-ring (bicyclic) bond motifs is 1. The SMILES string of the molecule is Cc1ccc2cc(C(C)C)oc2c1. The molecule has 1 nitrogen and oxygen atoms in total. The highest BCUT2D eigenvalue weighted by atomic mass is 16.3. The maximum atomic E-state index is 5.71. The Balaban J connectivity index is 2.62. The van der Waals surface area contributed by atoms with E-state index in [9.17, 15) is 0 Å². The minimum Gasteiger partial charge on any atom is -0.461 e. The topological polar surface area (TPSA) is 13.1 Å². The minimum atomic E-state index is 0.465. The summed E-state index contributed by atoms with van der Waals surface area (Å²) in [6, 6.07) is 8.43. The fourth-order valence-corrected chi connectivity index (χ4v) is 1.44. The molecule has 0 atom stereocenters. The van der Waals surface area contributed by atoms with E-state index in [-0.39, 0.29) is 0 Å². The van der Waals surface area contributed by atoms with Gasteiger partial charge in [-0.3, -0.25) is 0 Å². The van der Waals surface area contributed by atoms with E-state index in [2.05, 4.69) is 45.0 Å². The quantitative estimate of drug-likeness (QED) is 0.639. The number of furan rings is 1. The minimum absolute atomic E-state index is 0.465. The fraction of sp³-hybridized carbons (Fsp3) is 0.333. The van der Waals surface area contributed by atoms with Gasteiger partial charge in [-0.05, 0) is 24.6 Å². The molecular weight excluding hydrogens is 160 g/mol. The first-order valence-electron chi connectivity index (χ1n) is 4.67. The van der Waals surface area contributed by atoms with Crippen LogP contribution in [0.25, 0.3) is 11.0 Å². The summed E-state index contributed by atoms with van der Waals surface area (Å²) in [5.74, 6) is 1.54. The highest BCUT2D eigenvalue weighted by Gasteiger charge is 2.06. The van der Waals surface area contributed by atoms with E-state index in [1.54, 1.807) is 0 Å². The van der Waals surface area contributed by atoms with E-state index in [0.717, 1.165) is 11.3 Å². The van der Waals surface area contributed by atoms with Gasteiger partial charge in [0, 0.05) is 11.3 Å². The monoisotopic (exact) mass is 174 g/mol. The molecule has 0 radical (unpaired) electrons. The molecule has 0 aliphatic carbocycles. The molecule has 1 heterocycles. The third kappa shape index (κ3) is 1.46. The van der Waals surface area contributed by atoms with Crippen LogP contribution in [-0.2, 0) is 0 Å². The van der Waals surface area contributed by atoms with Crippen LogP contribution in [0, 0.1) is 6.92 Å². The van der Waals surface area contributed by atoms with Crippen LogP contribution >= 0.6 is 0 Å². The van der Waals surface area contributed by atoms with Crippen LogP contribution in [0.15, 0.2) is 28.7 Å². The van der Waals surface area contributed by atoms with Crippen molar-refractivity contribution in [3.8, 4) is 0 Å². The van der Waals surface area contributed by atoms with E-state index in [1.165, 1.54) is 10.9 Å². The predicted octanol–water partition coefficient (Wildman–Crippen LogP) is 3.86. The van der Waals surface area contributed by atoms with Crippen molar-refractivity contribution in [2.45, 2.75) is 26.7 Å². The standard InChI is InChI=1S/C12H14O/c1-8(2)11-7-10-5-4-9(3)6-12(10)13-11/h4-8H,1-3H3. The number of benzene rings is 1. The molecule has 2 aromatic rings. The average Bonchev–Trinajstić information content (AvgIpc) is 2.46. The molecule has 0 spiro atoms. The lowest BCUT2D eigenvalue weighted by Gasteiger charge is -1.95. The van der Waals surface area contributed by atoms with Gasteiger partial charge in [0.05, 0.1) is 0 Å². The van der Waals surface area contributed by atoms with Crippen LogP contribution in [-0.4, -0.2) is 0 Å². The summed E-state index contributed by atoms with van der Waals surface area (Å²) in [7, 11) is 0. The Morgan fingerprint density at radius 1 is 1.15 bits per heavy atom. The van der Waals surface area contributed by atoms with Gasteiger partial charge in [0.2, 0.25) is 0 Å². The largest absolute Gasteiger partial charge is 0.461 e. The van der Waals surface area contributed by atoms with Crippen molar-refractivity contribution in [2.75, 3.05) is 0 Å². The van der Waals surface area contributed by atoms with E-state index < -0.39 is 0 Å². The van der Waals surface area contributed by atoms with Gasteiger partial charge in [-0.15, -0.1) is 0 Å². The Morgan fingerprint density at radius 3 is 2.62 bits per heavy atom. The Hall–Kier alpha value is -1.24. The van der Waals surface area contributed by atoms with Gasteiger partial charge in [0.1, 0.15) is 11.3 Å². The summed E-state index contributed by atoms with van der Waals surface area (Å²) in [4.78, 5) is 0. The molecule has 0 unspecified atom stereocenters. The first-order chi connectivity index (χ1) is 6.16. The van der Waals surface area contributed by atoms with Crippen molar-refractivity contribution in [3.63, 3.8) is 0 Å². The molecule has 2 rings (SSSR count). The molecule has 13 heavy (non-hydrogen) atoms. The first kappa shape index (κ1) is 8.36. The van der Waals surface area contributed by atoms with Gasteiger partial charge in [-0.25, -0.2) is 0 Å². The summed E-state index contributed by atoms with van der Waals surface area (Å²) in [5, 5.41) is 1.20. The first-order valence-corrected chi connectivity index (χ1v) is 4.67. The highest BCUT2D eigenvalue weighted by molar-refractivity contribution is 5.78. The third-order valence-corrected chi connectivity index (χ3v) is 2.26. The second kappa shape index (κ2) is 2.91. The van der Waals surface area contributed by atoms with Crippen LogP contribution in [0.5, 0.6) is 0 Å². The summed E-state index contributed by atoms with van der Waals surface area (Å²) >= 11 is 0. The summed E-state index contributed by atoms with van der Waals surface area (Å²) < 4.78 is 5.71. The molecular formula is C12H14O. The zero-order chi connectivity index (χ0) is 9.42. The van der Waals surface area contributed by atoms with Crippen molar-refractivity contribution in [1.29, 1.82) is 0 Å². The van der Waals surface area contributed by atoms with Crippen LogP contribution in [0.2, 0.25) is 0 Å². The molecule has 0 bridgehead atoms. The van der Waals surface area contributed by atoms with Crippen molar-refractivity contribution in [2.24, 2.45) is 0 Å². The third-order valence-electron chi connectivity index (χ3n) is 2.26. The van der Waals surface area contributed by atoms with Crippen molar-refractivity contribution < 1.29 is 4.42 Å². The Kier molecular flexibility index (Phi) is 1.87. The van der Waals surface area contributed by atoms with E-state index in [4.69, 9.17) is 4.42 Å². The molecule has 1 heteroatoms. The smallest absolute Gasteiger partial charge is 0.134 e. The second-order valence-corrected chi connectivity index (χ2v) is 3.84. The maximum Gasteiger partial charge on any atom is 0.134 e. The van der Waals surface area contributed by atoms with Crippen LogP contribution in [0.1, 0.15) is 31.1 Å². The fourth-order valence-electron chi connectivity index (χ4n) is 1.44. The second-order valence-electron chi connectivity index (χ2n) is 3.84. The van der Waals surface area contributed by atoms with E-state index >= 15 is 0 Å². The molecule has 1 aromatic heterocycles. The number of aryl methyl sites for hydroxylation is 1. The van der Waals surface area contributed by atoms with Gasteiger partial charge in [0.15, 0.2) is 0 Å².